The molecular weight excluding hydrogens is 476 g/mol. The van der Waals surface area contributed by atoms with Crippen molar-refractivity contribution in [2.45, 2.75) is 121 Å². The maximum absolute atomic E-state index is 13.7. The predicted octanol–water partition coefficient (Wildman–Crippen LogP) is 2.52. The molecule has 3 saturated carbocycles. The molecule has 0 unspecified atom stereocenters. The highest BCUT2D eigenvalue weighted by molar-refractivity contribution is 5.90. The van der Waals surface area contributed by atoms with Crippen LogP contribution in [0.3, 0.4) is 0 Å². The van der Waals surface area contributed by atoms with E-state index in [-0.39, 0.29) is 24.2 Å². The highest BCUT2D eigenvalue weighted by Crippen LogP contribution is 2.72. The Bertz CT molecular complexity index is 1150. The lowest BCUT2D eigenvalue weighted by molar-refractivity contribution is -0.236. The van der Waals surface area contributed by atoms with Gasteiger partial charge in [0.1, 0.15) is 34.8 Å². The van der Waals surface area contributed by atoms with E-state index < -0.39 is 51.9 Å². The normalized spacial score (nSPS) is 50.6. The number of ketones is 1. The quantitative estimate of drug-likeness (QED) is 0.297. The molecule has 204 valence electrons. The minimum absolute atomic E-state index is 0.0607. The molecular formula is C29H40O8. The first-order valence-electron chi connectivity index (χ1n) is 13.7. The lowest BCUT2D eigenvalue weighted by Gasteiger charge is -2.57. The first-order chi connectivity index (χ1) is 17.2. The number of aliphatic hydroxyl groups is 3. The second kappa shape index (κ2) is 7.54. The van der Waals surface area contributed by atoms with Gasteiger partial charge in [0.15, 0.2) is 0 Å². The van der Waals surface area contributed by atoms with Crippen LogP contribution in [-0.2, 0) is 23.8 Å². The lowest BCUT2D eigenvalue weighted by Crippen LogP contribution is -2.68. The van der Waals surface area contributed by atoms with Crippen molar-refractivity contribution in [3.05, 3.63) is 22.3 Å². The number of carbonyl (C=O) groups is 2. The number of hydrogen-bond donors (Lipinski definition) is 3. The van der Waals surface area contributed by atoms with Gasteiger partial charge in [-0.1, -0.05) is 23.6 Å². The summed E-state index contributed by atoms with van der Waals surface area (Å²) in [5.74, 6) is -0.485. The number of carbonyl (C=O) groups excluding carboxylic acids is 2. The van der Waals surface area contributed by atoms with Crippen molar-refractivity contribution in [3.63, 3.8) is 0 Å². The Morgan fingerprint density at radius 3 is 2.46 bits per heavy atom. The van der Waals surface area contributed by atoms with Gasteiger partial charge in [-0.15, -0.1) is 0 Å². The Morgan fingerprint density at radius 2 is 1.81 bits per heavy atom. The molecule has 8 nitrogen and oxygen atoms in total. The number of ether oxygens (including phenoxy) is 3. The van der Waals surface area contributed by atoms with Gasteiger partial charge in [-0.05, 0) is 65.7 Å². The van der Waals surface area contributed by atoms with Gasteiger partial charge in [-0.25, -0.2) is 4.79 Å². The molecule has 4 fully saturated rings. The molecule has 0 aromatic rings. The Labute approximate surface area is 218 Å². The third-order valence-electron chi connectivity index (χ3n) is 11.9. The van der Waals surface area contributed by atoms with Crippen LogP contribution in [0, 0.1) is 16.7 Å². The molecule has 4 aliphatic carbocycles. The molecule has 3 N–H and O–H groups in total. The fourth-order valence-corrected chi connectivity index (χ4v) is 9.25. The van der Waals surface area contributed by atoms with Gasteiger partial charge >= 0.3 is 5.97 Å². The van der Waals surface area contributed by atoms with Crippen molar-refractivity contribution in [1.82, 2.24) is 0 Å². The zero-order chi connectivity index (χ0) is 26.9. The molecule has 0 aromatic carbocycles. The van der Waals surface area contributed by atoms with Crippen molar-refractivity contribution in [3.8, 4) is 0 Å². The van der Waals surface area contributed by atoms with Crippen LogP contribution in [0.15, 0.2) is 22.3 Å². The van der Waals surface area contributed by atoms with Gasteiger partial charge in [-0.3, -0.25) is 4.79 Å². The highest BCUT2D eigenvalue weighted by Gasteiger charge is 2.81. The average Bonchev–Trinajstić information content (AvgIpc) is 3.51. The summed E-state index contributed by atoms with van der Waals surface area (Å²) in [5.41, 5.74) is -2.06. The number of methoxy groups -OCH3 is 1. The Morgan fingerprint density at radius 1 is 1.11 bits per heavy atom. The SMILES string of the molecule is CO[C@H]1CC(=O)[C@]2(C)[C@H]3CC[C@@]4(C)C(=C3C[C@H]3O[C@]32[C@H]1O)CC[C@]4(O)[C@@](C)(O)[C@H]1CC(C)=C(C)C(=O)O1. The summed E-state index contributed by atoms with van der Waals surface area (Å²) < 4.78 is 17.4. The molecule has 1 spiro atoms. The number of rotatable bonds is 3. The molecule has 0 aromatic heterocycles. The first kappa shape index (κ1) is 25.7. The molecule has 8 heteroatoms. The van der Waals surface area contributed by atoms with Gasteiger partial charge in [0.25, 0.3) is 0 Å². The van der Waals surface area contributed by atoms with Crippen LogP contribution < -0.4 is 0 Å². The fraction of sp³-hybridized carbons (Fsp3) is 0.793. The number of aliphatic hydroxyl groups excluding tert-OH is 1. The van der Waals surface area contributed by atoms with Crippen molar-refractivity contribution >= 4 is 11.8 Å². The van der Waals surface area contributed by atoms with E-state index in [4.69, 9.17) is 14.2 Å². The number of epoxide rings is 1. The number of Topliss-reactive ketones (excluding diaryl/α,β-unsaturated/α-hetero) is 1. The number of cyclic esters (lactones) is 1. The second-order valence-corrected chi connectivity index (χ2v) is 13.1. The van der Waals surface area contributed by atoms with Gasteiger partial charge in [-0.2, -0.15) is 0 Å². The summed E-state index contributed by atoms with van der Waals surface area (Å²) >= 11 is 0. The maximum Gasteiger partial charge on any atom is 0.334 e. The Balaban J connectivity index is 1.40. The van der Waals surface area contributed by atoms with Crippen LogP contribution in [0.4, 0.5) is 0 Å². The van der Waals surface area contributed by atoms with Gasteiger partial charge < -0.3 is 29.5 Å². The molecule has 0 amide bonds. The summed E-state index contributed by atoms with van der Waals surface area (Å²) in [7, 11) is 1.52. The van der Waals surface area contributed by atoms with Crippen molar-refractivity contribution in [2.75, 3.05) is 7.11 Å². The highest BCUT2D eigenvalue weighted by atomic mass is 16.6. The van der Waals surface area contributed by atoms with Crippen molar-refractivity contribution in [1.29, 1.82) is 0 Å². The molecule has 0 bridgehead atoms. The van der Waals surface area contributed by atoms with E-state index in [0.717, 1.165) is 16.7 Å². The summed E-state index contributed by atoms with van der Waals surface area (Å²) in [5, 5.41) is 35.5. The van der Waals surface area contributed by atoms with E-state index in [9.17, 15) is 24.9 Å². The van der Waals surface area contributed by atoms with E-state index in [1.807, 2.05) is 20.8 Å². The monoisotopic (exact) mass is 516 g/mol. The molecule has 6 aliphatic rings. The number of fused-ring (bicyclic) bond motifs is 3. The Hall–Kier alpha value is -1.58. The van der Waals surface area contributed by atoms with Crippen LogP contribution in [0.1, 0.15) is 79.6 Å². The largest absolute Gasteiger partial charge is 0.455 e. The summed E-state index contributed by atoms with van der Waals surface area (Å²) in [6.07, 6.45) is 0.713. The average molecular weight is 517 g/mol. The van der Waals surface area contributed by atoms with Crippen molar-refractivity contribution < 1.29 is 39.1 Å². The predicted molar refractivity (Wildman–Crippen MR) is 132 cm³/mol. The molecule has 37 heavy (non-hydrogen) atoms. The molecule has 2 heterocycles. The van der Waals surface area contributed by atoms with E-state index in [2.05, 4.69) is 0 Å². The lowest BCUT2D eigenvalue weighted by atomic mass is 9.47. The standard InChI is InChI=1S/C29H40O8/c1-14-11-21(36-24(32)15(14)2)27(5,33)28(34)10-8-17-16-12-22-29(37-22)23(31)19(35-6)13-20(30)26(29,4)18(16)7-9-25(17,28)3/h18-19,21-23,31,33-34H,7-13H2,1-6H3/t18-,19-,21+,22+,23-,25-,26-,27-,28+,29-/m0/s1. The number of hydrogen-bond acceptors (Lipinski definition) is 8. The zero-order valence-corrected chi connectivity index (χ0v) is 22.7. The molecule has 1 saturated heterocycles. The van der Waals surface area contributed by atoms with Crippen LogP contribution in [-0.4, -0.2) is 75.4 Å². The Kier molecular flexibility index (Phi) is 5.23. The maximum atomic E-state index is 13.7. The zero-order valence-electron chi connectivity index (χ0n) is 22.7. The van der Waals surface area contributed by atoms with E-state index in [0.29, 0.717) is 44.1 Å². The van der Waals surface area contributed by atoms with E-state index in [1.165, 1.54) is 7.11 Å². The molecule has 6 rings (SSSR count). The van der Waals surface area contributed by atoms with Gasteiger partial charge in [0.05, 0.1) is 17.6 Å². The third kappa shape index (κ3) is 2.76. The topological polar surface area (TPSA) is 126 Å². The van der Waals surface area contributed by atoms with Crippen LogP contribution >= 0.6 is 0 Å². The molecule has 2 aliphatic heterocycles. The third-order valence-corrected chi connectivity index (χ3v) is 11.9. The summed E-state index contributed by atoms with van der Waals surface area (Å²) in [6.45, 7) is 9.16. The van der Waals surface area contributed by atoms with Gasteiger partial charge in [0, 0.05) is 30.9 Å². The second-order valence-electron chi connectivity index (χ2n) is 13.1. The van der Waals surface area contributed by atoms with Crippen LogP contribution in [0.25, 0.3) is 0 Å². The number of esters is 1. The van der Waals surface area contributed by atoms with Crippen LogP contribution in [0.5, 0.6) is 0 Å². The summed E-state index contributed by atoms with van der Waals surface area (Å²) in [6, 6.07) is 0. The van der Waals surface area contributed by atoms with Gasteiger partial charge in [0.2, 0.25) is 0 Å². The summed E-state index contributed by atoms with van der Waals surface area (Å²) in [4.78, 5) is 26.2. The van der Waals surface area contributed by atoms with Crippen LogP contribution in [0.2, 0.25) is 0 Å². The molecule has 0 radical (unpaired) electrons. The van der Waals surface area contributed by atoms with E-state index >= 15 is 0 Å². The molecule has 10 atom stereocenters. The minimum atomic E-state index is -1.67. The first-order valence-corrected chi connectivity index (χ1v) is 13.7. The smallest absolute Gasteiger partial charge is 0.334 e. The fourth-order valence-electron chi connectivity index (χ4n) is 9.25. The minimum Gasteiger partial charge on any atom is -0.455 e. The van der Waals surface area contributed by atoms with E-state index in [1.54, 1.807) is 13.8 Å². The van der Waals surface area contributed by atoms with Crippen molar-refractivity contribution in [2.24, 2.45) is 16.7 Å².